The third-order valence-corrected chi connectivity index (χ3v) is 4.26. The van der Waals surface area contributed by atoms with E-state index in [-0.39, 0.29) is 5.91 Å². The first kappa shape index (κ1) is 16.7. The first-order valence-corrected chi connectivity index (χ1v) is 8.38. The van der Waals surface area contributed by atoms with Crippen LogP contribution in [0, 0.1) is 6.92 Å². The Kier molecular flexibility index (Phi) is 6.16. The van der Waals surface area contributed by atoms with Crippen LogP contribution in [0.15, 0.2) is 42.5 Å². The summed E-state index contributed by atoms with van der Waals surface area (Å²) < 4.78 is 5.21. The second kappa shape index (κ2) is 8.11. The minimum atomic E-state index is -0.0711. The predicted molar refractivity (Wildman–Crippen MR) is 94.0 cm³/mol. The molecule has 0 atom stereocenters. The van der Waals surface area contributed by atoms with Crippen molar-refractivity contribution in [1.82, 2.24) is 0 Å². The van der Waals surface area contributed by atoms with E-state index in [1.54, 1.807) is 37.1 Å². The summed E-state index contributed by atoms with van der Waals surface area (Å²) in [5.41, 5.74) is 3.04. The summed E-state index contributed by atoms with van der Waals surface area (Å²) >= 11 is 7.52. The van der Waals surface area contributed by atoms with E-state index < -0.39 is 0 Å². The normalized spacial score (nSPS) is 10.3. The molecule has 116 valence electrons. The van der Waals surface area contributed by atoms with Crippen molar-refractivity contribution in [2.24, 2.45) is 0 Å². The highest BCUT2D eigenvalue weighted by Gasteiger charge is 2.08. The summed E-state index contributed by atoms with van der Waals surface area (Å²) in [7, 11) is 1.56. The summed E-state index contributed by atoms with van der Waals surface area (Å²) in [6.45, 7) is 2.06. The van der Waals surface area contributed by atoms with Crippen molar-refractivity contribution < 1.29 is 9.53 Å². The molecule has 2 aromatic carbocycles. The third-order valence-electron chi connectivity index (χ3n) is 3.02. The zero-order valence-electron chi connectivity index (χ0n) is 12.6. The average molecular weight is 336 g/mol. The average Bonchev–Trinajstić information content (AvgIpc) is 2.47. The smallest absolute Gasteiger partial charge is 0.234 e. The Morgan fingerprint density at radius 1 is 1.27 bits per heavy atom. The monoisotopic (exact) mass is 335 g/mol. The number of amides is 1. The van der Waals surface area contributed by atoms with Crippen molar-refractivity contribution >= 4 is 35.0 Å². The van der Waals surface area contributed by atoms with Crippen LogP contribution in [0.4, 0.5) is 5.69 Å². The SMILES string of the molecule is COc1ccc(Cl)cc1NC(=O)CSCc1cccc(C)c1. The molecule has 0 unspecified atom stereocenters. The number of thioether (sulfide) groups is 1. The van der Waals surface area contributed by atoms with Gasteiger partial charge in [-0.1, -0.05) is 41.4 Å². The second-order valence-corrected chi connectivity index (χ2v) is 6.30. The van der Waals surface area contributed by atoms with Crippen LogP contribution in [0.2, 0.25) is 5.02 Å². The lowest BCUT2D eigenvalue weighted by Gasteiger charge is -2.10. The highest BCUT2D eigenvalue weighted by atomic mass is 35.5. The number of aryl methyl sites for hydroxylation is 1. The van der Waals surface area contributed by atoms with Crippen molar-refractivity contribution in [2.75, 3.05) is 18.2 Å². The molecule has 5 heteroatoms. The number of nitrogens with one attached hydrogen (secondary N) is 1. The highest BCUT2D eigenvalue weighted by molar-refractivity contribution is 7.99. The fraction of sp³-hybridized carbons (Fsp3) is 0.235. The van der Waals surface area contributed by atoms with Crippen LogP contribution in [0.1, 0.15) is 11.1 Å². The van der Waals surface area contributed by atoms with E-state index in [9.17, 15) is 4.79 Å². The van der Waals surface area contributed by atoms with Crippen molar-refractivity contribution in [1.29, 1.82) is 0 Å². The molecule has 0 heterocycles. The lowest BCUT2D eigenvalue weighted by atomic mass is 10.2. The quantitative estimate of drug-likeness (QED) is 0.843. The van der Waals surface area contributed by atoms with Crippen LogP contribution in [0.3, 0.4) is 0 Å². The molecule has 22 heavy (non-hydrogen) atoms. The maximum atomic E-state index is 12.0. The zero-order valence-corrected chi connectivity index (χ0v) is 14.1. The number of anilines is 1. The molecule has 0 aromatic heterocycles. The molecule has 0 spiro atoms. The first-order chi connectivity index (χ1) is 10.6. The Morgan fingerprint density at radius 3 is 2.82 bits per heavy atom. The van der Waals surface area contributed by atoms with Crippen LogP contribution < -0.4 is 10.1 Å². The van der Waals surface area contributed by atoms with Crippen LogP contribution in [-0.2, 0) is 10.5 Å². The van der Waals surface area contributed by atoms with Gasteiger partial charge in [-0.2, -0.15) is 0 Å². The van der Waals surface area contributed by atoms with Gasteiger partial charge >= 0.3 is 0 Å². The van der Waals surface area contributed by atoms with Crippen molar-refractivity contribution in [3.63, 3.8) is 0 Å². The molecular weight excluding hydrogens is 318 g/mol. The maximum Gasteiger partial charge on any atom is 0.234 e. The molecule has 3 nitrogen and oxygen atoms in total. The standard InChI is InChI=1S/C17H18ClNO2S/c1-12-4-3-5-13(8-12)10-22-11-17(20)19-15-9-14(18)6-7-16(15)21-2/h3-9H,10-11H2,1-2H3,(H,19,20). The molecule has 1 amide bonds. The fourth-order valence-corrected chi connectivity index (χ4v) is 2.97. The van der Waals surface area contributed by atoms with Gasteiger partial charge in [0.05, 0.1) is 18.6 Å². The number of benzene rings is 2. The second-order valence-electron chi connectivity index (χ2n) is 4.87. The summed E-state index contributed by atoms with van der Waals surface area (Å²) in [4.78, 5) is 12.0. The lowest BCUT2D eigenvalue weighted by molar-refractivity contribution is -0.113. The van der Waals surface area contributed by atoms with Gasteiger partial charge in [0.1, 0.15) is 5.75 Å². The number of ether oxygens (including phenoxy) is 1. The van der Waals surface area contributed by atoms with Gasteiger partial charge < -0.3 is 10.1 Å². The molecule has 0 aliphatic carbocycles. The van der Waals surface area contributed by atoms with E-state index in [0.29, 0.717) is 22.2 Å². The number of carbonyl (C=O) groups excluding carboxylic acids is 1. The third kappa shape index (κ3) is 4.97. The largest absolute Gasteiger partial charge is 0.495 e. The molecule has 0 saturated carbocycles. The number of halogens is 1. The molecule has 2 aromatic rings. The van der Waals surface area contributed by atoms with Gasteiger partial charge in [-0.25, -0.2) is 0 Å². The van der Waals surface area contributed by atoms with Crippen LogP contribution in [0.5, 0.6) is 5.75 Å². The van der Waals surface area contributed by atoms with Crippen LogP contribution in [-0.4, -0.2) is 18.8 Å². The van der Waals surface area contributed by atoms with Gasteiger partial charge in [0.15, 0.2) is 0 Å². The molecule has 0 fully saturated rings. The number of methoxy groups -OCH3 is 1. The number of rotatable bonds is 6. The van der Waals surface area contributed by atoms with E-state index in [0.717, 1.165) is 5.75 Å². The molecule has 0 saturated heterocycles. The molecule has 0 bridgehead atoms. The molecule has 0 radical (unpaired) electrons. The van der Waals surface area contributed by atoms with Crippen molar-refractivity contribution in [2.45, 2.75) is 12.7 Å². The summed E-state index contributed by atoms with van der Waals surface area (Å²) in [6, 6.07) is 13.4. The number of hydrogen-bond donors (Lipinski definition) is 1. The van der Waals surface area contributed by atoms with E-state index in [4.69, 9.17) is 16.3 Å². The minimum Gasteiger partial charge on any atom is -0.495 e. The summed E-state index contributed by atoms with van der Waals surface area (Å²) in [6.07, 6.45) is 0. The van der Waals surface area contributed by atoms with Gasteiger partial charge in [0.25, 0.3) is 0 Å². The van der Waals surface area contributed by atoms with Crippen molar-refractivity contribution in [3.05, 3.63) is 58.6 Å². The molecule has 0 aliphatic heterocycles. The number of carbonyl (C=O) groups is 1. The van der Waals surface area contributed by atoms with Gasteiger partial charge in [0.2, 0.25) is 5.91 Å². The van der Waals surface area contributed by atoms with Crippen LogP contribution >= 0.6 is 23.4 Å². The maximum absolute atomic E-state index is 12.0. The van der Waals surface area contributed by atoms with Gasteiger partial charge in [-0.3, -0.25) is 4.79 Å². The minimum absolute atomic E-state index is 0.0711. The molecular formula is C17H18ClNO2S. The Balaban J connectivity index is 1.87. The zero-order chi connectivity index (χ0) is 15.9. The van der Waals surface area contributed by atoms with Gasteiger partial charge in [0, 0.05) is 10.8 Å². The first-order valence-electron chi connectivity index (χ1n) is 6.85. The van der Waals surface area contributed by atoms with E-state index in [2.05, 4.69) is 30.4 Å². The summed E-state index contributed by atoms with van der Waals surface area (Å²) in [5, 5.41) is 3.39. The van der Waals surface area contributed by atoms with Gasteiger partial charge in [-0.15, -0.1) is 11.8 Å². The molecule has 0 aliphatic rings. The fourth-order valence-electron chi connectivity index (χ4n) is 2.03. The highest BCUT2D eigenvalue weighted by Crippen LogP contribution is 2.27. The Labute approximate surface area is 140 Å². The Morgan fingerprint density at radius 2 is 2.09 bits per heavy atom. The topological polar surface area (TPSA) is 38.3 Å². The number of hydrogen-bond acceptors (Lipinski definition) is 3. The lowest BCUT2D eigenvalue weighted by Crippen LogP contribution is -2.14. The Bertz CT molecular complexity index is 661. The summed E-state index contributed by atoms with van der Waals surface area (Å²) in [5.74, 6) is 1.71. The van der Waals surface area contributed by atoms with Gasteiger partial charge in [-0.05, 0) is 30.7 Å². The van der Waals surface area contributed by atoms with Crippen LogP contribution in [0.25, 0.3) is 0 Å². The molecule has 1 N–H and O–H groups in total. The molecule has 2 rings (SSSR count). The van der Waals surface area contributed by atoms with Crippen molar-refractivity contribution in [3.8, 4) is 5.75 Å². The van der Waals surface area contributed by atoms with E-state index >= 15 is 0 Å². The Hall–Kier alpha value is -1.65. The predicted octanol–water partition coefficient (Wildman–Crippen LogP) is 4.53. The van der Waals surface area contributed by atoms with E-state index in [1.165, 1.54) is 11.1 Å². The van der Waals surface area contributed by atoms with E-state index in [1.807, 2.05) is 6.07 Å².